The number of amides is 1. The third-order valence-electron chi connectivity index (χ3n) is 4.57. The smallest absolute Gasteiger partial charge is 0.247 e. The molecule has 0 saturated carbocycles. The van der Waals surface area contributed by atoms with E-state index in [1.54, 1.807) is 37.3 Å². The molecule has 1 unspecified atom stereocenters. The van der Waals surface area contributed by atoms with Gasteiger partial charge in [-0.2, -0.15) is 4.98 Å². The van der Waals surface area contributed by atoms with Crippen molar-refractivity contribution in [3.05, 3.63) is 58.9 Å². The standard InChI is InChI=1S/C21H18ClFN4O2S/c1-3-17(28)27-16-10-7-13(22)11-15(16)18-19(24-21(26-25-18)30-4-2)29-20(27)12-5-8-14(23)9-6-12/h5-11,20H,3-4H2,1-2H3. The molecule has 0 aliphatic carbocycles. The summed E-state index contributed by atoms with van der Waals surface area (Å²) < 4.78 is 19.8. The highest BCUT2D eigenvalue weighted by atomic mass is 35.5. The maximum atomic E-state index is 13.5. The fraction of sp³-hybridized carbons (Fsp3) is 0.238. The molecule has 0 fully saturated rings. The van der Waals surface area contributed by atoms with Crippen molar-refractivity contribution in [2.24, 2.45) is 0 Å². The minimum absolute atomic E-state index is 0.170. The van der Waals surface area contributed by atoms with Crippen LogP contribution in [0.25, 0.3) is 11.3 Å². The number of halogens is 2. The number of thioether (sulfide) groups is 1. The van der Waals surface area contributed by atoms with Crippen LogP contribution in [-0.4, -0.2) is 26.8 Å². The molecule has 2 aromatic carbocycles. The Morgan fingerprint density at radius 3 is 2.67 bits per heavy atom. The van der Waals surface area contributed by atoms with E-state index in [2.05, 4.69) is 15.2 Å². The summed E-state index contributed by atoms with van der Waals surface area (Å²) in [6.07, 6.45) is -0.606. The van der Waals surface area contributed by atoms with Gasteiger partial charge in [0, 0.05) is 22.6 Å². The molecular formula is C21H18ClFN4O2S. The zero-order valence-corrected chi connectivity index (χ0v) is 17.9. The summed E-state index contributed by atoms with van der Waals surface area (Å²) in [6.45, 7) is 3.75. The number of aromatic nitrogens is 3. The highest BCUT2D eigenvalue weighted by Gasteiger charge is 2.35. The molecule has 0 spiro atoms. The quantitative estimate of drug-likeness (QED) is 0.510. The molecule has 154 valence electrons. The first-order valence-electron chi connectivity index (χ1n) is 9.43. The van der Waals surface area contributed by atoms with Gasteiger partial charge in [0.25, 0.3) is 0 Å². The van der Waals surface area contributed by atoms with Crippen molar-refractivity contribution in [3.63, 3.8) is 0 Å². The van der Waals surface area contributed by atoms with E-state index in [9.17, 15) is 9.18 Å². The van der Waals surface area contributed by atoms with Crippen molar-refractivity contribution in [3.8, 4) is 17.1 Å². The first-order valence-corrected chi connectivity index (χ1v) is 10.8. The number of nitrogens with zero attached hydrogens (tertiary/aromatic N) is 4. The molecule has 1 atom stereocenters. The van der Waals surface area contributed by atoms with Crippen LogP contribution in [0, 0.1) is 5.82 Å². The van der Waals surface area contributed by atoms with E-state index in [1.165, 1.54) is 28.8 Å². The monoisotopic (exact) mass is 444 g/mol. The van der Waals surface area contributed by atoms with Gasteiger partial charge in [0.1, 0.15) is 5.82 Å². The third kappa shape index (κ3) is 3.85. The largest absolute Gasteiger partial charge is 0.447 e. The fourth-order valence-corrected chi connectivity index (χ4v) is 3.89. The van der Waals surface area contributed by atoms with Crippen molar-refractivity contribution >= 4 is 35.0 Å². The van der Waals surface area contributed by atoms with Crippen LogP contribution in [0.4, 0.5) is 10.1 Å². The summed E-state index contributed by atoms with van der Waals surface area (Å²) in [4.78, 5) is 19.1. The van der Waals surface area contributed by atoms with Gasteiger partial charge in [-0.3, -0.25) is 9.69 Å². The van der Waals surface area contributed by atoms with Gasteiger partial charge in [-0.15, -0.1) is 10.2 Å². The molecule has 4 rings (SSSR count). The first kappa shape index (κ1) is 20.6. The second-order valence-corrected chi connectivity index (χ2v) is 8.15. The minimum atomic E-state index is -0.851. The Balaban J connectivity index is 1.96. The number of carbonyl (C=O) groups excluding carboxylic acids is 1. The SMILES string of the molecule is CCSc1nnc2c(n1)OC(c1ccc(F)cc1)N(C(=O)CC)c1ccc(Cl)cc1-2. The van der Waals surface area contributed by atoms with E-state index in [-0.39, 0.29) is 24.0 Å². The first-order chi connectivity index (χ1) is 14.5. The highest BCUT2D eigenvalue weighted by Crippen LogP contribution is 2.44. The van der Waals surface area contributed by atoms with E-state index in [0.717, 1.165) is 5.75 Å². The van der Waals surface area contributed by atoms with Crippen LogP contribution in [0.15, 0.2) is 47.6 Å². The number of benzene rings is 2. The van der Waals surface area contributed by atoms with Crippen LogP contribution in [0.5, 0.6) is 5.88 Å². The number of hydrogen-bond acceptors (Lipinski definition) is 6. The van der Waals surface area contributed by atoms with Gasteiger partial charge in [0.2, 0.25) is 23.2 Å². The number of fused-ring (bicyclic) bond motifs is 3. The van der Waals surface area contributed by atoms with Crippen LogP contribution in [-0.2, 0) is 4.79 Å². The Morgan fingerprint density at radius 2 is 1.97 bits per heavy atom. The lowest BCUT2D eigenvalue weighted by molar-refractivity contribution is -0.120. The molecule has 30 heavy (non-hydrogen) atoms. The van der Waals surface area contributed by atoms with Crippen LogP contribution in [0.1, 0.15) is 32.1 Å². The van der Waals surface area contributed by atoms with Gasteiger partial charge in [0.05, 0.1) is 5.69 Å². The lowest BCUT2D eigenvalue weighted by Gasteiger charge is -2.30. The number of anilines is 1. The molecule has 1 aromatic heterocycles. The number of carbonyl (C=O) groups is 1. The van der Waals surface area contributed by atoms with Gasteiger partial charge in [0.15, 0.2) is 5.69 Å². The molecule has 2 heterocycles. The van der Waals surface area contributed by atoms with Crippen LogP contribution in [0.2, 0.25) is 5.02 Å². The molecule has 0 saturated heterocycles. The zero-order valence-electron chi connectivity index (χ0n) is 16.3. The highest BCUT2D eigenvalue weighted by molar-refractivity contribution is 7.99. The molecule has 0 bridgehead atoms. The lowest BCUT2D eigenvalue weighted by atomic mass is 10.1. The molecule has 1 aliphatic heterocycles. The van der Waals surface area contributed by atoms with Crippen molar-refractivity contribution in [2.45, 2.75) is 31.7 Å². The van der Waals surface area contributed by atoms with E-state index >= 15 is 0 Å². The molecule has 0 N–H and O–H groups in total. The summed E-state index contributed by atoms with van der Waals surface area (Å²) >= 11 is 7.68. The van der Waals surface area contributed by atoms with Crippen molar-refractivity contribution in [2.75, 3.05) is 10.7 Å². The summed E-state index contributed by atoms with van der Waals surface area (Å²) in [7, 11) is 0. The summed E-state index contributed by atoms with van der Waals surface area (Å²) in [6, 6.07) is 11.0. The molecule has 1 aliphatic rings. The minimum Gasteiger partial charge on any atom is -0.447 e. The summed E-state index contributed by atoms with van der Waals surface area (Å²) in [5.74, 6) is 0.464. The molecular weight excluding hydrogens is 427 g/mol. The van der Waals surface area contributed by atoms with Crippen molar-refractivity contribution in [1.82, 2.24) is 15.2 Å². The van der Waals surface area contributed by atoms with Crippen LogP contribution in [0.3, 0.4) is 0 Å². The Bertz CT molecular complexity index is 1100. The van der Waals surface area contributed by atoms with E-state index in [0.29, 0.717) is 32.7 Å². The average molecular weight is 445 g/mol. The Morgan fingerprint density at radius 1 is 1.20 bits per heavy atom. The zero-order chi connectivity index (χ0) is 21.3. The average Bonchev–Trinajstić information content (AvgIpc) is 2.88. The summed E-state index contributed by atoms with van der Waals surface area (Å²) in [5.41, 5.74) is 2.17. The normalized spacial score (nSPS) is 15.1. The second kappa shape index (κ2) is 8.57. The molecule has 0 radical (unpaired) electrons. The predicted octanol–water partition coefficient (Wildman–Crippen LogP) is 5.28. The Kier molecular flexibility index (Phi) is 5.87. The van der Waals surface area contributed by atoms with Crippen molar-refractivity contribution < 1.29 is 13.9 Å². The van der Waals surface area contributed by atoms with Gasteiger partial charge >= 0.3 is 0 Å². The van der Waals surface area contributed by atoms with E-state index in [4.69, 9.17) is 16.3 Å². The number of hydrogen-bond donors (Lipinski definition) is 0. The van der Waals surface area contributed by atoms with Crippen molar-refractivity contribution in [1.29, 1.82) is 0 Å². The molecule has 6 nitrogen and oxygen atoms in total. The molecule has 9 heteroatoms. The van der Waals surface area contributed by atoms with E-state index < -0.39 is 6.23 Å². The molecule has 3 aromatic rings. The van der Waals surface area contributed by atoms with Gasteiger partial charge in [-0.25, -0.2) is 4.39 Å². The number of ether oxygens (including phenoxy) is 1. The van der Waals surface area contributed by atoms with Gasteiger partial charge in [-0.1, -0.05) is 49.3 Å². The lowest BCUT2D eigenvalue weighted by Crippen LogP contribution is -2.37. The molecule has 1 amide bonds. The summed E-state index contributed by atoms with van der Waals surface area (Å²) in [5, 5.41) is 9.45. The second-order valence-electron chi connectivity index (χ2n) is 6.48. The topological polar surface area (TPSA) is 68.2 Å². The van der Waals surface area contributed by atoms with Gasteiger partial charge < -0.3 is 4.74 Å². The maximum absolute atomic E-state index is 13.5. The van der Waals surface area contributed by atoms with Crippen LogP contribution >= 0.6 is 23.4 Å². The van der Waals surface area contributed by atoms with Crippen LogP contribution < -0.4 is 9.64 Å². The van der Waals surface area contributed by atoms with E-state index in [1.807, 2.05) is 6.92 Å². The maximum Gasteiger partial charge on any atom is 0.247 e. The Hall–Kier alpha value is -2.71. The van der Waals surface area contributed by atoms with Gasteiger partial charge in [-0.05, 0) is 36.1 Å². The predicted molar refractivity (Wildman–Crippen MR) is 114 cm³/mol. The third-order valence-corrected chi connectivity index (χ3v) is 5.52. The Labute approximate surface area is 182 Å². The fourth-order valence-electron chi connectivity index (χ4n) is 3.21. The number of rotatable bonds is 4.